The number of nitrogens with zero attached hydrogens (tertiary/aromatic N) is 2. The molecule has 210 valence electrons. The molecule has 8 nitrogen and oxygen atoms in total. The molecule has 4 aromatic carbocycles. The Labute approximate surface area is 245 Å². The predicted molar refractivity (Wildman–Crippen MR) is 158 cm³/mol. The van der Waals surface area contributed by atoms with E-state index in [2.05, 4.69) is 10.6 Å². The minimum atomic E-state index is -0.192. The van der Waals surface area contributed by atoms with E-state index in [1.54, 1.807) is 48.5 Å². The van der Waals surface area contributed by atoms with Crippen LogP contribution in [0.1, 0.15) is 55.8 Å². The molecular formula is C34H30N4O4. The molecule has 2 N–H and O–H groups in total. The SMILES string of the molecule is N#Cc1ccc(C(=O)NCc2ccc(OCCCCOc3ccc(CNC(=O)c4ccc(C#N)cc4)cc3)cc2)cc1. The molecule has 0 atom stereocenters. The standard InChI is InChI=1S/C34H30N4O4/c35-21-25-3-11-29(12-4-25)33(39)37-23-27-7-15-31(16-8-27)41-19-1-2-20-42-32-17-9-28(10-18-32)24-38-34(40)30-13-5-26(22-36)6-14-30/h3-18H,1-2,19-20,23-24H2,(H,37,39)(H,38,40). The molecular weight excluding hydrogens is 528 g/mol. The largest absolute Gasteiger partial charge is 0.494 e. The number of unbranched alkanes of at least 4 members (excludes halogenated alkanes) is 1. The highest BCUT2D eigenvalue weighted by Crippen LogP contribution is 2.15. The number of carbonyl (C=O) groups is 2. The number of ether oxygens (including phenoxy) is 2. The zero-order chi connectivity index (χ0) is 29.6. The lowest BCUT2D eigenvalue weighted by Crippen LogP contribution is -2.22. The van der Waals surface area contributed by atoms with Crippen molar-refractivity contribution in [1.82, 2.24) is 10.6 Å². The lowest BCUT2D eigenvalue weighted by atomic mass is 10.1. The normalized spacial score (nSPS) is 10.1. The third-order valence-electron chi connectivity index (χ3n) is 6.38. The van der Waals surface area contributed by atoms with Crippen molar-refractivity contribution in [2.75, 3.05) is 13.2 Å². The maximum Gasteiger partial charge on any atom is 0.251 e. The van der Waals surface area contributed by atoms with E-state index in [4.69, 9.17) is 20.0 Å². The number of nitrogens with one attached hydrogen (secondary N) is 2. The average molecular weight is 559 g/mol. The van der Waals surface area contributed by atoms with E-state index in [1.165, 1.54) is 0 Å². The summed E-state index contributed by atoms with van der Waals surface area (Å²) in [6.45, 7) is 1.92. The molecule has 0 saturated carbocycles. The Kier molecular flexibility index (Phi) is 10.7. The molecule has 42 heavy (non-hydrogen) atoms. The first kappa shape index (κ1) is 29.4. The topological polar surface area (TPSA) is 124 Å². The third kappa shape index (κ3) is 8.97. The minimum absolute atomic E-state index is 0.192. The number of nitriles is 2. The van der Waals surface area contributed by atoms with Crippen LogP contribution in [0.4, 0.5) is 0 Å². The molecule has 2 amide bonds. The molecule has 8 heteroatoms. The summed E-state index contributed by atoms with van der Waals surface area (Å²) >= 11 is 0. The zero-order valence-corrected chi connectivity index (χ0v) is 23.0. The Morgan fingerprint density at radius 1 is 0.548 bits per heavy atom. The second-order valence-electron chi connectivity index (χ2n) is 9.44. The van der Waals surface area contributed by atoms with Gasteiger partial charge in [-0.2, -0.15) is 10.5 Å². The number of amides is 2. The number of rotatable bonds is 13. The van der Waals surface area contributed by atoms with Crippen LogP contribution in [0.15, 0.2) is 97.1 Å². The van der Waals surface area contributed by atoms with Crippen LogP contribution >= 0.6 is 0 Å². The maximum atomic E-state index is 12.3. The van der Waals surface area contributed by atoms with Crippen LogP contribution in [0.3, 0.4) is 0 Å². The van der Waals surface area contributed by atoms with Gasteiger partial charge >= 0.3 is 0 Å². The Morgan fingerprint density at radius 3 is 1.24 bits per heavy atom. The fraction of sp³-hybridized carbons (Fsp3) is 0.176. The van der Waals surface area contributed by atoms with Crippen LogP contribution in [-0.4, -0.2) is 25.0 Å². The van der Waals surface area contributed by atoms with Gasteiger partial charge in [-0.25, -0.2) is 0 Å². The molecule has 0 aliphatic carbocycles. The van der Waals surface area contributed by atoms with E-state index >= 15 is 0 Å². The van der Waals surface area contributed by atoms with E-state index in [0.717, 1.165) is 35.5 Å². The van der Waals surface area contributed by atoms with Crippen molar-refractivity contribution >= 4 is 11.8 Å². The third-order valence-corrected chi connectivity index (χ3v) is 6.38. The summed E-state index contributed by atoms with van der Waals surface area (Å²) in [4.78, 5) is 24.6. The summed E-state index contributed by atoms with van der Waals surface area (Å²) in [5, 5.41) is 23.5. The molecule has 0 aromatic heterocycles. The number of hydrogen-bond acceptors (Lipinski definition) is 6. The van der Waals surface area contributed by atoms with Gasteiger partial charge in [-0.1, -0.05) is 24.3 Å². The summed E-state index contributed by atoms with van der Waals surface area (Å²) in [7, 11) is 0. The van der Waals surface area contributed by atoms with Crippen molar-refractivity contribution in [3.63, 3.8) is 0 Å². The molecule has 0 aliphatic rings. The van der Waals surface area contributed by atoms with Crippen LogP contribution in [0.5, 0.6) is 11.5 Å². The highest BCUT2D eigenvalue weighted by molar-refractivity contribution is 5.94. The summed E-state index contributed by atoms with van der Waals surface area (Å²) in [5.74, 6) is 1.14. The molecule has 4 aromatic rings. The van der Waals surface area contributed by atoms with Gasteiger partial charge in [0.05, 0.1) is 36.5 Å². The highest BCUT2D eigenvalue weighted by atomic mass is 16.5. The molecule has 0 fully saturated rings. The minimum Gasteiger partial charge on any atom is -0.494 e. The lowest BCUT2D eigenvalue weighted by Gasteiger charge is -2.10. The van der Waals surface area contributed by atoms with Gasteiger partial charge in [0.1, 0.15) is 11.5 Å². The summed E-state index contributed by atoms with van der Waals surface area (Å²) < 4.78 is 11.6. The van der Waals surface area contributed by atoms with Crippen LogP contribution in [0.25, 0.3) is 0 Å². The Hall–Kier alpha value is -5.60. The van der Waals surface area contributed by atoms with Crippen molar-refractivity contribution < 1.29 is 19.1 Å². The zero-order valence-electron chi connectivity index (χ0n) is 23.0. The molecule has 0 heterocycles. The van der Waals surface area contributed by atoms with Crippen molar-refractivity contribution in [2.45, 2.75) is 25.9 Å². The molecule has 0 bridgehead atoms. The van der Waals surface area contributed by atoms with E-state index in [9.17, 15) is 9.59 Å². The van der Waals surface area contributed by atoms with Crippen molar-refractivity contribution in [3.05, 3.63) is 130 Å². The number of carbonyl (C=O) groups excluding carboxylic acids is 2. The molecule has 0 aliphatic heterocycles. The molecule has 0 unspecified atom stereocenters. The average Bonchev–Trinajstić information content (AvgIpc) is 3.05. The monoisotopic (exact) mass is 558 g/mol. The van der Waals surface area contributed by atoms with Crippen molar-refractivity contribution in [2.24, 2.45) is 0 Å². The first-order valence-corrected chi connectivity index (χ1v) is 13.5. The van der Waals surface area contributed by atoms with Crippen LogP contribution < -0.4 is 20.1 Å². The van der Waals surface area contributed by atoms with Gasteiger partial charge in [-0.05, 0) is 96.8 Å². The van der Waals surface area contributed by atoms with Crippen LogP contribution in [0, 0.1) is 22.7 Å². The number of hydrogen-bond donors (Lipinski definition) is 2. The molecule has 0 spiro atoms. The van der Waals surface area contributed by atoms with Gasteiger partial charge < -0.3 is 20.1 Å². The van der Waals surface area contributed by atoms with Gasteiger partial charge in [0.15, 0.2) is 0 Å². The molecule has 4 rings (SSSR count). The second kappa shape index (κ2) is 15.3. The first-order chi connectivity index (χ1) is 20.5. The smallest absolute Gasteiger partial charge is 0.251 e. The maximum absolute atomic E-state index is 12.3. The summed E-state index contributed by atoms with van der Waals surface area (Å²) in [6.07, 6.45) is 1.67. The first-order valence-electron chi connectivity index (χ1n) is 13.5. The Morgan fingerprint density at radius 2 is 0.905 bits per heavy atom. The van der Waals surface area contributed by atoms with E-state index < -0.39 is 0 Å². The second-order valence-corrected chi connectivity index (χ2v) is 9.44. The quantitative estimate of drug-likeness (QED) is 0.208. The van der Waals surface area contributed by atoms with E-state index in [1.807, 2.05) is 60.7 Å². The summed E-state index contributed by atoms with van der Waals surface area (Å²) in [6, 6.07) is 32.3. The van der Waals surface area contributed by atoms with Gasteiger partial charge in [0.25, 0.3) is 11.8 Å². The highest BCUT2D eigenvalue weighted by Gasteiger charge is 2.07. The van der Waals surface area contributed by atoms with E-state index in [-0.39, 0.29) is 11.8 Å². The molecule has 0 radical (unpaired) electrons. The Balaban J connectivity index is 1.08. The fourth-order valence-electron chi connectivity index (χ4n) is 3.95. The lowest BCUT2D eigenvalue weighted by molar-refractivity contribution is 0.0943. The predicted octanol–water partition coefficient (Wildman–Crippen LogP) is 5.53. The van der Waals surface area contributed by atoms with E-state index in [0.29, 0.717) is 48.6 Å². The van der Waals surface area contributed by atoms with Gasteiger partial charge in [0, 0.05) is 24.2 Å². The van der Waals surface area contributed by atoms with Gasteiger partial charge in [-0.3, -0.25) is 9.59 Å². The Bertz CT molecular complexity index is 1430. The van der Waals surface area contributed by atoms with Crippen molar-refractivity contribution in [1.29, 1.82) is 10.5 Å². The van der Waals surface area contributed by atoms with Gasteiger partial charge in [-0.15, -0.1) is 0 Å². The van der Waals surface area contributed by atoms with Gasteiger partial charge in [0.2, 0.25) is 0 Å². The fourth-order valence-corrected chi connectivity index (χ4v) is 3.95. The number of benzene rings is 4. The van der Waals surface area contributed by atoms with Crippen molar-refractivity contribution in [3.8, 4) is 23.6 Å². The molecule has 0 saturated heterocycles. The summed E-state index contributed by atoms with van der Waals surface area (Å²) in [5.41, 5.74) is 3.97. The van der Waals surface area contributed by atoms with Crippen LogP contribution in [0.2, 0.25) is 0 Å². The van der Waals surface area contributed by atoms with Crippen LogP contribution in [-0.2, 0) is 13.1 Å².